The number of hydrogen-bond donors (Lipinski definition) is 2. The molecule has 1 amide bonds. The van der Waals surface area contributed by atoms with Crippen LogP contribution in [0.3, 0.4) is 0 Å². The summed E-state index contributed by atoms with van der Waals surface area (Å²) in [6.07, 6.45) is 9.94. The van der Waals surface area contributed by atoms with Crippen LogP contribution in [-0.2, 0) is 9.53 Å². The van der Waals surface area contributed by atoms with Gasteiger partial charge in [0.25, 0.3) is 0 Å². The predicted molar refractivity (Wildman–Crippen MR) is 85.0 cm³/mol. The minimum Gasteiger partial charge on any atom is -0.383 e. The second kappa shape index (κ2) is 14.8. The molecule has 0 spiro atoms. The van der Waals surface area contributed by atoms with Crippen LogP contribution in [0.1, 0.15) is 65.2 Å². The van der Waals surface area contributed by atoms with Crippen molar-refractivity contribution in [2.24, 2.45) is 0 Å². The minimum atomic E-state index is 0.0676. The van der Waals surface area contributed by atoms with Crippen molar-refractivity contribution in [1.82, 2.24) is 10.6 Å². The number of methoxy groups -OCH3 is 1. The average molecular weight is 286 g/mol. The van der Waals surface area contributed by atoms with Crippen molar-refractivity contribution < 1.29 is 9.53 Å². The predicted octanol–water partition coefficient (Wildman–Crippen LogP) is 2.87. The van der Waals surface area contributed by atoms with Crippen LogP contribution in [0.2, 0.25) is 0 Å². The Balaban J connectivity index is 3.84. The van der Waals surface area contributed by atoms with E-state index in [1.165, 1.54) is 51.4 Å². The molecule has 0 rings (SSSR count). The van der Waals surface area contributed by atoms with Crippen LogP contribution in [0.5, 0.6) is 0 Å². The third-order valence-electron chi connectivity index (χ3n) is 3.49. The molecular weight excluding hydrogens is 252 g/mol. The van der Waals surface area contributed by atoms with E-state index in [0.29, 0.717) is 25.7 Å². The maximum absolute atomic E-state index is 11.7. The summed E-state index contributed by atoms with van der Waals surface area (Å²) in [5, 5.41) is 6.26. The summed E-state index contributed by atoms with van der Waals surface area (Å²) in [5.41, 5.74) is 0. The van der Waals surface area contributed by atoms with Gasteiger partial charge in [0.15, 0.2) is 0 Å². The van der Waals surface area contributed by atoms with E-state index in [0.717, 1.165) is 0 Å². The van der Waals surface area contributed by atoms with Gasteiger partial charge in [-0.25, -0.2) is 0 Å². The van der Waals surface area contributed by atoms with E-state index in [4.69, 9.17) is 4.74 Å². The van der Waals surface area contributed by atoms with Crippen molar-refractivity contribution in [3.05, 3.63) is 0 Å². The van der Waals surface area contributed by atoms with Gasteiger partial charge in [0.1, 0.15) is 0 Å². The highest BCUT2D eigenvalue weighted by atomic mass is 16.5. The smallest absolute Gasteiger partial charge is 0.234 e. The second-order valence-electron chi connectivity index (χ2n) is 5.41. The number of ether oxygens (including phenoxy) is 1. The van der Waals surface area contributed by atoms with Crippen LogP contribution < -0.4 is 10.6 Å². The molecule has 2 N–H and O–H groups in total. The lowest BCUT2D eigenvalue weighted by atomic mass is 10.0. The van der Waals surface area contributed by atoms with E-state index < -0.39 is 0 Å². The molecule has 0 saturated carbocycles. The number of carbonyl (C=O) groups excluding carboxylic acids is 1. The third-order valence-corrected chi connectivity index (χ3v) is 3.49. The fourth-order valence-corrected chi connectivity index (χ4v) is 2.22. The average Bonchev–Trinajstić information content (AvgIpc) is 2.45. The van der Waals surface area contributed by atoms with Crippen LogP contribution >= 0.6 is 0 Å². The summed E-state index contributed by atoms with van der Waals surface area (Å²) >= 11 is 0. The Hall–Kier alpha value is -0.610. The first-order valence-electron chi connectivity index (χ1n) is 8.23. The Morgan fingerprint density at radius 1 is 1.05 bits per heavy atom. The molecule has 0 aliphatic rings. The number of rotatable bonds is 14. The molecule has 0 aromatic heterocycles. The van der Waals surface area contributed by atoms with Gasteiger partial charge in [-0.1, -0.05) is 52.4 Å². The topological polar surface area (TPSA) is 50.4 Å². The van der Waals surface area contributed by atoms with Crippen molar-refractivity contribution >= 4 is 5.91 Å². The molecular formula is C16H34N2O2. The number of unbranched alkanes of at least 4 members (excludes halogenated alkanes) is 4. The fourth-order valence-electron chi connectivity index (χ4n) is 2.22. The van der Waals surface area contributed by atoms with E-state index in [2.05, 4.69) is 24.5 Å². The van der Waals surface area contributed by atoms with E-state index in [1.807, 2.05) is 0 Å². The standard InChI is InChI=1S/C16H34N2O2/c1-4-6-8-10-15(11-9-7-5-2)18-14-16(19)17-12-13-20-3/h15,18H,4-14H2,1-3H3,(H,17,19). The summed E-state index contributed by atoms with van der Waals surface area (Å²) in [6, 6.07) is 0.487. The molecule has 20 heavy (non-hydrogen) atoms. The largest absolute Gasteiger partial charge is 0.383 e. The van der Waals surface area contributed by atoms with Gasteiger partial charge in [-0.05, 0) is 12.8 Å². The number of amides is 1. The zero-order valence-corrected chi connectivity index (χ0v) is 13.7. The van der Waals surface area contributed by atoms with E-state index in [1.54, 1.807) is 7.11 Å². The van der Waals surface area contributed by atoms with Crippen molar-refractivity contribution in [1.29, 1.82) is 0 Å². The summed E-state index contributed by atoms with van der Waals surface area (Å²) in [5.74, 6) is 0.0676. The van der Waals surface area contributed by atoms with Crippen LogP contribution in [0.15, 0.2) is 0 Å². The third kappa shape index (κ3) is 12.4. The molecule has 0 saturated heterocycles. The molecule has 4 nitrogen and oxygen atoms in total. The molecule has 120 valence electrons. The zero-order valence-electron chi connectivity index (χ0n) is 13.7. The maximum Gasteiger partial charge on any atom is 0.234 e. The van der Waals surface area contributed by atoms with Gasteiger partial charge in [-0.2, -0.15) is 0 Å². The Labute approximate surface area is 125 Å². The van der Waals surface area contributed by atoms with Crippen molar-refractivity contribution in [3.63, 3.8) is 0 Å². The zero-order chi connectivity index (χ0) is 15.1. The molecule has 0 atom stereocenters. The maximum atomic E-state index is 11.7. The van der Waals surface area contributed by atoms with Crippen molar-refractivity contribution in [2.75, 3.05) is 26.8 Å². The summed E-state index contributed by atoms with van der Waals surface area (Å²) in [6.45, 7) is 6.04. The Morgan fingerprint density at radius 3 is 2.15 bits per heavy atom. The lowest BCUT2D eigenvalue weighted by Gasteiger charge is -2.18. The van der Waals surface area contributed by atoms with Crippen molar-refractivity contribution in [2.45, 2.75) is 71.3 Å². The van der Waals surface area contributed by atoms with E-state index in [-0.39, 0.29) is 5.91 Å². The minimum absolute atomic E-state index is 0.0676. The molecule has 0 heterocycles. The first-order valence-corrected chi connectivity index (χ1v) is 8.23. The lowest BCUT2D eigenvalue weighted by Crippen LogP contribution is -2.40. The van der Waals surface area contributed by atoms with Crippen LogP contribution in [-0.4, -0.2) is 38.8 Å². The number of hydrogen-bond acceptors (Lipinski definition) is 3. The molecule has 0 aliphatic heterocycles. The highest BCUT2D eigenvalue weighted by molar-refractivity contribution is 5.77. The summed E-state index contributed by atoms with van der Waals surface area (Å²) in [7, 11) is 1.64. The van der Waals surface area contributed by atoms with E-state index >= 15 is 0 Å². The molecule has 0 aliphatic carbocycles. The van der Waals surface area contributed by atoms with E-state index in [9.17, 15) is 4.79 Å². The molecule has 0 radical (unpaired) electrons. The fraction of sp³-hybridized carbons (Fsp3) is 0.938. The van der Waals surface area contributed by atoms with Gasteiger partial charge in [-0.3, -0.25) is 4.79 Å². The molecule has 0 unspecified atom stereocenters. The highest BCUT2D eigenvalue weighted by Crippen LogP contribution is 2.10. The second-order valence-corrected chi connectivity index (χ2v) is 5.41. The SMILES string of the molecule is CCCCCC(CCCCC)NCC(=O)NCCOC. The normalized spacial score (nSPS) is 11.0. The van der Waals surface area contributed by atoms with Gasteiger partial charge < -0.3 is 15.4 Å². The molecule has 0 aromatic carbocycles. The monoisotopic (exact) mass is 286 g/mol. The summed E-state index contributed by atoms with van der Waals surface area (Å²) < 4.78 is 4.91. The summed E-state index contributed by atoms with van der Waals surface area (Å²) in [4.78, 5) is 11.7. The molecule has 0 bridgehead atoms. The highest BCUT2D eigenvalue weighted by Gasteiger charge is 2.09. The van der Waals surface area contributed by atoms with Gasteiger partial charge in [0.05, 0.1) is 13.2 Å². The first kappa shape index (κ1) is 19.4. The van der Waals surface area contributed by atoms with Crippen LogP contribution in [0.4, 0.5) is 0 Å². The van der Waals surface area contributed by atoms with Crippen LogP contribution in [0.25, 0.3) is 0 Å². The molecule has 4 heteroatoms. The van der Waals surface area contributed by atoms with Gasteiger partial charge in [0, 0.05) is 19.7 Å². The molecule has 0 aromatic rings. The Kier molecular flexibility index (Phi) is 14.3. The van der Waals surface area contributed by atoms with Gasteiger partial charge in [-0.15, -0.1) is 0 Å². The Morgan fingerprint density at radius 2 is 1.65 bits per heavy atom. The van der Waals surface area contributed by atoms with Crippen molar-refractivity contribution in [3.8, 4) is 0 Å². The Bertz CT molecular complexity index is 213. The first-order chi connectivity index (χ1) is 9.74. The quantitative estimate of drug-likeness (QED) is 0.483. The van der Waals surface area contributed by atoms with Crippen LogP contribution in [0, 0.1) is 0 Å². The molecule has 0 fully saturated rings. The number of nitrogens with one attached hydrogen (secondary N) is 2. The van der Waals surface area contributed by atoms with Gasteiger partial charge in [0.2, 0.25) is 5.91 Å². The lowest BCUT2D eigenvalue weighted by molar-refractivity contribution is -0.120. The number of carbonyl (C=O) groups is 1. The van der Waals surface area contributed by atoms with Gasteiger partial charge >= 0.3 is 0 Å².